The van der Waals surface area contributed by atoms with Crippen molar-refractivity contribution in [3.8, 4) is 0 Å². The van der Waals surface area contributed by atoms with E-state index in [-0.39, 0.29) is 5.82 Å². The maximum atomic E-state index is 11.4. The Bertz CT molecular complexity index is 618. The Morgan fingerprint density at radius 2 is 1.95 bits per heavy atom. The first-order valence-corrected chi connectivity index (χ1v) is 6.51. The molecule has 0 spiro atoms. The molecule has 0 fully saturated rings. The van der Waals surface area contributed by atoms with Crippen LogP contribution in [-0.2, 0) is 17.6 Å². The number of hydrogen-bond donors (Lipinski definition) is 1. The van der Waals surface area contributed by atoms with Crippen LogP contribution >= 0.6 is 0 Å². The minimum Gasteiger partial charge on any atom is -0.463 e. The third-order valence-electron chi connectivity index (χ3n) is 3.43. The number of nitrogens with one attached hydrogen (secondary N) is 1. The molecule has 1 aliphatic rings. The predicted octanol–water partition coefficient (Wildman–Crippen LogP) is 1.84. The molecule has 0 saturated carbocycles. The molecule has 0 amide bonds. The van der Waals surface area contributed by atoms with E-state index in [1.54, 1.807) is 12.3 Å². The fourth-order valence-corrected chi connectivity index (χ4v) is 2.50. The van der Waals surface area contributed by atoms with Crippen LogP contribution in [0.3, 0.4) is 0 Å². The van der Waals surface area contributed by atoms with E-state index in [0.717, 1.165) is 12.8 Å². The molecule has 0 aliphatic heterocycles. The summed E-state index contributed by atoms with van der Waals surface area (Å²) in [5.74, 6) is 0.203. The highest BCUT2D eigenvalue weighted by molar-refractivity contribution is 5.85. The lowest BCUT2D eigenvalue weighted by molar-refractivity contribution is 0.0587. The number of ether oxygens (including phenoxy) is 1. The van der Waals surface area contributed by atoms with Gasteiger partial charge in [-0.15, -0.1) is 0 Å². The van der Waals surface area contributed by atoms with Gasteiger partial charge in [0, 0.05) is 12.2 Å². The van der Waals surface area contributed by atoms with Crippen LogP contribution in [0.1, 0.15) is 21.7 Å². The number of anilines is 1. The lowest BCUT2D eigenvalue weighted by Crippen LogP contribution is -2.21. The average molecular weight is 269 g/mol. The summed E-state index contributed by atoms with van der Waals surface area (Å²) in [6.07, 6.45) is 3.49. The summed E-state index contributed by atoms with van der Waals surface area (Å²) in [5.41, 5.74) is 2.74. The van der Waals surface area contributed by atoms with Crippen LogP contribution in [0.4, 0.5) is 5.82 Å². The zero-order chi connectivity index (χ0) is 13.9. The normalized spacial score (nSPS) is 13.8. The first kappa shape index (κ1) is 12.6. The fraction of sp³-hybridized carbons (Fsp3) is 0.267. The highest BCUT2D eigenvalue weighted by Crippen LogP contribution is 2.23. The topological polar surface area (TPSA) is 64.1 Å². The van der Waals surface area contributed by atoms with Gasteiger partial charge in [0.05, 0.1) is 7.11 Å². The molecule has 1 heterocycles. The number of nitrogens with zero attached hydrogens (tertiary/aromatic N) is 2. The van der Waals surface area contributed by atoms with E-state index < -0.39 is 5.97 Å². The van der Waals surface area contributed by atoms with Gasteiger partial charge in [0.25, 0.3) is 0 Å². The predicted molar refractivity (Wildman–Crippen MR) is 74.6 cm³/mol. The van der Waals surface area contributed by atoms with Crippen molar-refractivity contribution in [1.29, 1.82) is 0 Å². The van der Waals surface area contributed by atoms with Crippen LogP contribution in [0.5, 0.6) is 0 Å². The van der Waals surface area contributed by atoms with E-state index in [1.807, 2.05) is 0 Å². The highest BCUT2D eigenvalue weighted by Gasteiger charge is 2.21. The molecule has 0 bridgehead atoms. The number of aromatic nitrogens is 2. The molecular formula is C15H15N3O2. The molecule has 20 heavy (non-hydrogen) atoms. The van der Waals surface area contributed by atoms with Crippen molar-refractivity contribution in [2.75, 3.05) is 12.4 Å². The van der Waals surface area contributed by atoms with Gasteiger partial charge in [0.15, 0.2) is 0 Å². The van der Waals surface area contributed by atoms with E-state index in [1.165, 1.54) is 18.2 Å². The molecule has 0 radical (unpaired) electrons. The van der Waals surface area contributed by atoms with Gasteiger partial charge in [0.1, 0.15) is 5.82 Å². The van der Waals surface area contributed by atoms with Gasteiger partial charge in [-0.3, -0.25) is 0 Å². The average Bonchev–Trinajstić information content (AvgIpc) is 2.88. The monoisotopic (exact) mass is 269 g/mol. The van der Waals surface area contributed by atoms with Crippen molar-refractivity contribution in [2.24, 2.45) is 0 Å². The van der Waals surface area contributed by atoms with Gasteiger partial charge < -0.3 is 10.1 Å². The van der Waals surface area contributed by atoms with Gasteiger partial charge in [0.2, 0.25) is 5.82 Å². The van der Waals surface area contributed by atoms with Crippen LogP contribution < -0.4 is 5.32 Å². The second-order valence-corrected chi connectivity index (χ2v) is 4.78. The number of fused-ring (bicyclic) bond motifs is 1. The molecular weight excluding hydrogens is 254 g/mol. The van der Waals surface area contributed by atoms with Crippen molar-refractivity contribution in [3.63, 3.8) is 0 Å². The fourth-order valence-electron chi connectivity index (χ4n) is 2.50. The second-order valence-electron chi connectivity index (χ2n) is 4.78. The Labute approximate surface area is 117 Å². The lowest BCUT2D eigenvalue weighted by atomic mass is 10.1. The Morgan fingerprint density at radius 1 is 1.25 bits per heavy atom. The summed E-state index contributed by atoms with van der Waals surface area (Å²) < 4.78 is 4.62. The summed E-state index contributed by atoms with van der Waals surface area (Å²) in [7, 11) is 1.32. The van der Waals surface area contributed by atoms with Crippen LogP contribution in [0, 0.1) is 0 Å². The summed E-state index contributed by atoms with van der Waals surface area (Å²) in [6, 6.07) is 10.5. The zero-order valence-electron chi connectivity index (χ0n) is 11.2. The minimum absolute atomic E-state index is 0.0769. The van der Waals surface area contributed by atoms with Gasteiger partial charge >= 0.3 is 5.97 Å². The van der Waals surface area contributed by atoms with Crippen LogP contribution in [0.15, 0.2) is 36.5 Å². The molecule has 5 heteroatoms. The van der Waals surface area contributed by atoms with Crippen LogP contribution in [0.2, 0.25) is 0 Å². The van der Waals surface area contributed by atoms with Crippen molar-refractivity contribution < 1.29 is 9.53 Å². The van der Waals surface area contributed by atoms with Crippen LogP contribution in [0.25, 0.3) is 0 Å². The third kappa shape index (κ3) is 2.47. The van der Waals surface area contributed by atoms with Gasteiger partial charge in [-0.2, -0.15) is 0 Å². The Kier molecular flexibility index (Phi) is 3.33. The second kappa shape index (κ2) is 5.28. The standard InChI is InChI=1S/C15H15N3O2/c1-20-15(19)14-16-7-6-13(18-14)17-12-8-10-4-2-3-5-11(10)9-12/h2-7,12H,8-9H2,1H3,(H,16,17,18). The first-order chi connectivity index (χ1) is 9.76. The number of carbonyl (C=O) groups excluding carboxylic acids is 1. The zero-order valence-corrected chi connectivity index (χ0v) is 11.2. The molecule has 2 aromatic rings. The maximum absolute atomic E-state index is 11.4. The molecule has 1 aromatic heterocycles. The third-order valence-corrected chi connectivity index (χ3v) is 3.43. The van der Waals surface area contributed by atoms with Crippen molar-refractivity contribution in [3.05, 3.63) is 53.5 Å². The van der Waals surface area contributed by atoms with Gasteiger partial charge in [-0.1, -0.05) is 24.3 Å². The summed E-state index contributed by atoms with van der Waals surface area (Å²) in [6.45, 7) is 0. The van der Waals surface area contributed by atoms with Crippen LogP contribution in [-0.4, -0.2) is 29.1 Å². The van der Waals surface area contributed by atoms with Gasteiger partial charge in [-0.25, -0.2) is 14.8 Å². The molecule has 0 atom stereocenters. The van der Waals surface area contributed by atoms with E-state index in [9.17, 15) is 4.79 Å². The number of esters is 1. The maximum Gasteiger partial charge on any atom is 0.376 e. The molecule has 102 valence electrons. The molecule has 0 unspecified atom stereocenters. The number of benzene rings is 1. The first-order valence-electron chi connectivity index (χ1n) is 6.51. The van der Waals surface area contributed by atoms with E-state index in [0.29, 0.717) is 11.9 Å². The summed E-state index contributed by atoms with van der Waals surface area (Å²) >= 11 is 0. The molecule has 1 aliphatic carbocycles. The van der Waals surface area contributed by atoms with Crippen molar-refractivity contribution in [2.45, 2.75) is 18.9 Å². The summed E-state index contributed by atoms with van der Waals surface area (Å²) in [4.78, 5) is 19.5. The smallest absolute Gasteiger partial charge is 0.376 e. The lowest BCUT2D eigenvalue weighted by Gasteiger charge is -2.12. The molecule has 5 nitrogen and oxygen atoms in total. The van der Waals surface area contributed by atoms with E-state index >= 15 is 0 Å². The minimum atomic E-state index is -0.525. The molecule has 1 N–H and O–H groups in total. The number of methoxy groups -OCH3 is 1. The van der Waals surface area contributed by atoms with E-state index in [2.05, 4.69) is 44.3 Å². The molecule has 0 saturated heterocycles. The Balaban J connectivity index is 1.72. The van der Waals surface area contributed by atoms with Crippen molar-refractivity contribution in [1.82, 2.24) is 9.97 Å². The van der Waals surface area contributed by atoms with Gasteiger partial charge in [-0.05, 0) is 30.0 Å². The largest absolute Gasteiger partial charge is 0.463 e. The highest BCUT2D eigenvalue weighted by atomic mass is 16.5. The Hall–Kier alpha value is -2.43. The SMILES string of the molecule is COC(=O)c1nccc(NC2Cc3ccccc3C2)n1. The quantitative estimate of drug-likeness (QED) is 0.861. The number of carbonyl (C=O) groups is 1. The molecule has 3 rings (SSSR count). The number of hydrogen-bond acceptors (Lipinski definition) is 5. The number of rotatable bonds is 3. The summed E-state index contributed by atoms with van der Waals surface area (Å²) in [5, 5.41) is 3.35. The molecule has 1 aromatic carbocycles. The Morgan fingerprint density at radius 3 is 2.60 bits per heavy atom. The van der Waals surface area contributed by atoms with Crippen molar-refractivity contribution >= 4 is 11.8 Å². The van der Waals surface area contributed by atoms with E-state index in [4.69, 9.17) is 0 Å².